The minimum atomic E-state index is 0.569. The minimum Gasteiger partial charge on any atom is -0.384 e. The van der Waals surface area contributed by atoms with Crippen molar-refractivity contribution in [3.63, 3.8) is 0 Å². The molecule has 0 saturated carbocycles. The van der Waals surface area contributed by atoms with Crippen molar-refractivity contribution in [3.05, 3.63) is 65.7 Å². The maximum atomic E-state index is 5.54. The Morgan fingerprint density at radius 1 is 1.19 bits per heavy atom. The van der Waals surface area contributed by atoms with Gasteiger partial charge >= 0.3 is 0 Å². The maximum absolute atomic E-state index is 5.54. The Morgan fingerprint density at radius 2 is 2.00 bits per heavy atom. The van der Waals surface area contributed by atoms with Crippen molar-refractivity contribution in [3.8, 4) is 0 Å². The zero-order valence-corrected chi connectivity index (χ0v) is 9.35. The predicted molar refractivity (Wildman–Crippen MR) is 66.9 cm³/mol. The average molecular weight is 211 g/mol. The van der Waals surface area contributed by atoms with Crippen LogP contribution in [0.25, 0.3) is 0 Å². The lowest BCUT2D eigenvalue weighted by atomic mass is 10.0. The van der Waals surface area contributed by atoms with Crippen LogP contribution in [0.5, 0.6) is 0 Å². The number of aryl methyl sites for hydroxylation is 1. The highest BCUT2D eigenvalue weighted by Crippen LogP contribution is 2.13. The van der Waals surface area contributed by atoms with E-state index in [4.69, 9.17) is 5.73 Å². The van der Waals surface area contributed by atoms with Crippen LogP contribution in [-0.4, -0.2) is 4.98 Å². The number of nitrogens with two attached hydrogens (primary N) is 1. The second-order valence-corrected chi connectivity index (χ2v) is 3.86. The fraction of sp³-hybridized carbons (Fsp3) is 0.143. The molecule has 2 nitrogen and oxygen atoms in total. The van der Waals surface area contributed by atoms with Crippen LogP contribution in [0.3, 0.4) is 0 Å². The van der Waals surface area contributed by atoms with Gasteiger partial charge in [0.2, 0.25) is 0 Å². The van der Waals surface area contributed by atoms with Crippen molar-refractivity contribution in [2.75, 3.05) is 5.73 Å². The Hall–Kier alpha value is -1.83. The SMILES string of the molecule is Cc1ccccc1[CH]Cc1ccc(N)nc1. The van der Waals surface area contributed by atoms with Gasteiger partial charge < -0.3 is 5.73 Å². The standard InChI is InChI=1S/C14H15N2/c1-11-4-2-3-5-13(11)8-6-12-7-9-14(15)16-10-12/h2-5,7-10H,6H2,1H3,(H2,15,16). The third-order valence-electron chi connectivity index (χ3n) is 2.59. The Balaban J connectivity index is 2.02. The molecule has 0 fully saturated rings. The Kier molecular flexibility index (Phi) is 3.20. The first-order chi connectivity index (χ1) is 7.75. The number of pyridine rings is 1. The molecule has 2 N–H and O–H groups in total. The summed E-state index contributed by atoms with van der Waals surface area (Å²) in [5.74, 6) is 0.569. The molecule has 0 atom stereocenters. The van der Waals surface area contributed by atoms with Crippen molar-refractivity contribution in [2.24, 2.45) is 0 Å². The number of benzene rings is 1. The molecule has 2 heteroatoms. The molecule has 0 spiro atoms. The van der Waals surface area contributed by atoms with Gasteiger partial charge in [0.25, 0.3) is 0 Å². The summed E-state index contributed by atoms with van der Waals surface area (Å²) in [6.45, 7) is 2.12. The monoisotopic (exact) mass is 211 g/mol. The fourth-order valence-electron chi connectivity index (χ4n) is 1.60. The van der Waals surface area contributed by atoms with E-state index in [0.29, 0.717) is 5.82 Å². The highest BCUT2D eigenvalue weighted by Gasteiger charge is 1.99. The van der Waals surface area contributed by atoms with Gasteiger partial charge in [0.15, 0.2) is 0 Å². The highest BCUT2D eigenvalue weighted by molar-refractivity contribution is 5.35. The van der Waals surface area contributed by atoms with Gasteiger partial charge in [-0.3, -0.25) is 0 Å². The third-order valence-corrected chi connectivity index (χ3v) is 2.59. The third kappa shape index (κ3) is 2.60. The molecule has 1 aromatic carbocycles. The molecule has 2 rings (SSSR count). The molecule has 1 radical (unpaired) electrons. The largest absolute Gasteiger partial charge is 0.384 e. The van der Waals surface area contributed by atoms with E-state index >= 15 is 0 Å². The number of hydrogen-bond acceptors (Lipinski definition) is 2. The van der Waals surface area contributed by atoms with Crippen molar-refractivity contribution in [1.29, 1.82) is 0 Å². The smallest absolute Gasteiger partial charge is 0.123 e. The van der Waals surface area contributed by atoms with Gasteiger partial charge in [-0.25, -0.2) is 4.98 Å². The topological polar surface area (TPSA) is 38.9 Å². The zero-order valence-electron chi connectivity index (χ0n) is 9.35. The Bertz CT molecular complexity index is 460. The van der Waals surface area contributed by atoms with Crippen LogP contribution in [-0.2, 0) is 6.42 Å². The summed E-state index contributed by atoms with van der Waals surface area (Å²) in [6, 6.07) is 12.2. The fourth-order valence-corrected chi connectivity index (χ4v) is 1.60. The number of anilines is 1. The van der Waals surface area contributed by atoms with Crippen LogP contribution in [0.2, 0.25) is 0 Å². The van der Waals surface area contributed by atoms with Crippen molar-refractivity contribution in [2.45, 2.75) is 13.3 Å². The summed E-state index contributed by atoms with van der Waals surface area (Å²) in [5, 5.41) is 0. The summed E-state index contributed by atoms with van der Waals surface area (Å²) < 4.78 is 0. The van der Waals surface area contributed by atoms with Crippen LogP contribution in [0.1, 0.15) is 16.7 Å². The molecular formula is C14H15N2. The van der Waals surface area contributed by atoms with Gasteiger partial charge in [0.1, 0.15) is 5.82 Å². The molecule has 0 bridgehead atoms. The molecule has 0 aliphatic rings. The van der Waals surface area contributed by atoms with Crippen LogP contribution in [0, 0.1) is 13.3 Å². The molecule has 1 heterocycles. The maximum Gasteiger partial charge on any atom is 0.123 e. The highest BCUT2D eigenvalue weighted by atomic mass is 14.8. The summed E-state index contributed by atoms with van der Waals surface area (Å²) in [6.07, 6.45) is 4.92. The van der Waals surface area contributed by atoms with E-state index < -0.39 is 0 Å². The van der Waals surface area contributed by atoms with Gasteiger partial charge in [0, 0.05) is 6.20 Å². The number of rotatable bonds is 3. The van der Waals surface area contributed by atoms with Crippen molar-refractivity contribution < 1.29 is 0 Å². The minimum absolute atomic E-state index is 0.569. The molecule has 1 aromatic heterocycles. The number of hydrogen-bond donors (Lipinski definition) is 1. The molecule has 0 amide bonds. The summed E-state index contributed by atoms with van der Waals surface area (Å²) in [5.41, 5.74) is 9.29. The number of nitrogen functional groups attached to an aromatic ring is 1. The molecule has 81 valence electrons. The Morgan fingerprint density at radius 3 is 2.69 bits per heavy atom. The molecule has 2 aromatic rings. The Labute approximate surface area is 96.1 Å². The predicted octanol–water partition coefficient (Wildman–Crippen LogP) is 2.77. The van der Waals surface area contributed by atoms with Gasteiger partial charge in [-0.05, 0) is 42.5 Å². The van der Waals surface area contributed by atoms with Gasteiger partial charge in [-0.15, -0.1) is 0 Å². The van der Waals surface area contributed by atoms with Crippen LogP contribution in [0.4, 0.5) is 5.82 Å². The van der Waals surface area contributed by atoms with E-state index in [1.165, 1.54) is 16.7 Å². The number of nitrogens with zero attached hydrogens (tertiary/aromatic N) is 1. The van der Waals surface area contributed by atoms with Crippen LogP contribution in [0.15, 0.2) is 42.6 Å². The van der Waals surface area contributed by atoms with Gasteiger partial charge in [0.05, 0.1) is 0 Å². The van der Waals surface area contributed by atoms with E-state index in [9.17, 15) is 0 Å². The van der Waals surface area contributed by atoms with Crippen molar-refractivity contribution in [1.82, 2.24) is 4.98 Å². The van der Waals surface area contributed by atoms with E-state index in [1.54, 1.807) is 0 Å². The van der Waals surface area contributed by atoms with Crippen LogP contribution >= 0.6 is 0 Å². The normalized spacial score (nSPS) is 10.3. The summed E-state index contributed by atoms with van der Waals surface area (Å²) >= 11 is 0. The average Bonchev–Trinajstić information content (AvgIpc) is 2.30. The van der Waals surface area contributed by atoms with Gasteiger partial charge in [-0.2, -0.15) is 0 Å². The molecule has 16 heavy (non-hydrogen) atoms. The summed E-state index contributed by atoms with van der Waals surface area (Å²) in [7, 11) is 0. The van der Waals surface area contributed by atoms with E-state index in [1.807, 2.05) is 18.3 Å². The summed E-state index contributed by atoms with van der Waals surface area (Å²) in [4.78, 5) is 4.07. The van der Waals surface area contributed by atoms with E-state index in [2.05, 4.69) is 42.6 Å². The lowest BCUT2D eigenvalue weighted by molar-refractivity contribution is 1.12. The molecule has 0 aliphatic carbocycles. The van der Waals surface area contributed by atoms with Crippen molar-refractivity contribution >= 4 is 5.82 Å². The molecular weight excluding hydrogens is 196 g/mol. The van der Waals surface area contributed by atoms with Crippen LogP contribution < -0.4 is 5.73 Å². The number of aromatic nitrogens is 1. The van der Waals surface area contributed by atoms with E-state index in [0.717, 1.165) is 6.42 Å². The van der Waals surface area contributed by atoms with E-state index in [-0.39, 0.29) is 0 Å². The first-order valence-corrected chi connectivity index (χ1v) is 5.35. The second-order valence-electron chi connectivity index (χ2n) is 3.86. The second kappa shape index (κ2) is 4.79. The first kappa shape index (κ1) is 10.7. The lowest BCUT2D eigenvalue weighted by Crippen LogP contribution is -1.94. The quantitative estimate of drug-likeness (QED) is 0.847. The molecule has 0 saturated heterocycles. The van der Waals surface area contributed by atoms with Gasteiger partial charge in [-0.1, -0.05) is 30.3 Å². The molecule has 0 aliphatic heterocycles. The molecule has 0 unspecified atom stereocenters. The zero-order chi connectivity index (χ0) is 11.4. The lowest BCUT2D eigenvalue weighted by Gasteiger charge is -2.04. The first-order valence-electron chi connectivity index (χ1n) is 5.35.